The first-order chi connectivity index (χ1) is 13.8. The summed E-state index contributed by atoms with van der Waals surface area (Å²) in [5.74, 6) is 0. The van der Waals surface area contributed by atoms with E-state index in [1.54, 1.807) is 11.3 Å². The van der Waals surface area contributed by atoms with E-state index in [0.29, 0.717) is 0 Å². The van der Waals surface area contributed by atoms with Gasteiger partial charge in [0.1, 0.15) is 16.6 Å². The minimum Gasteiger partial charge on any atom is -0.251 e. The van der Waals surface area contributed by atoms with Crippen molar-refractivity contribution in [1.29, 1.82) is 0 Å². The molecule has 1 heterocycles. The van der Waals surface area contributed by atoms with Crippen molar-refractivity contribution in [3.8, 4) is 32.3 Å². The summed E-state index contributed by atoms with van der Waals surface area (Å²) in [5, 5.41) is 19.0. The van der Waals surface area contributed by atoms with Crippen LogP contribution in [0.1, 0.15) is 18.1 Å². The van der Waals surface area contributed by atoms with Crippen LogP contribution in [0.25, 0.3) is 32.3 Å². The highest BCUT2D eigenvalue weighted by atomic mass is 32.1. The molecule has 5 heteroatoms. The Morgan fingerprint density at radius 3 is 1.61 bits per heavy atom. The molecule has 4 rings (SSSR count). The smallest absolute Gasteiger partial charge is 0.148 e. The fourth-order valence-electron chi connectivity index (χ4n) is 3.01. The highest BCUT2D eigenvalue weighted by Crippen LogP contribution is 2.31. The third kappa shape index (κ3) is 4.02. The highest BCUT2D eigenvalue weighted by Gasteiger charge is 2.09. The molecule has 0 bridgehead atoms. The van der Waals surface area contributed by atoms with E-state index in [1.165, 1.54) is 16.7 Å². The van der Waals surface area contributed by atoms with Crippen molar-refractivity contribution in [2.45, 2.75) is 20.0 Å². The summed E-state index contributed by atoms with van der Waals surface area (Å²) in [6.45, 7) is 2.34. The summed E-state index contributed by atoms with van der Waals surface area (Å²) in [4.78, 5) is 4.16. The average molecular weight is 388 g/mol. The Hall–Kier alpha value is -2.86. The first-order valence-corrected chi connectivity index (χ1v) is 9.97. The lowest BCUT2D eigenvalue weighted by Gasteiger charge is -2.04. The second kappa shape index (κ2) is 8.44. The molecule has 0 amide bonds. The largest absolute Gasteiger partial charge is 0.251 e. The van der Waals surface area contributed by atoms with E-state index >= 15 is 0 Å². The van der Waals surface area contributed by atoms with E-state index in [1.807, 2.05) is 24.3 Å². The van der Waals surface area contributed by atoms with Crippen molar-refractivity contribution in [2.75, 3.05) is 0 Å². The number of hydrogen-bond donors (Lipinski definition) is 1. The summed E-state index contributed by atoms with van der Waals surface area (Å²) in [6, 6.07) is 24.9. The maximum Gasteiger partial charge on any atom is 0.148 e. The van der Waals surface area contributed by atoms with Gasteiger partial charge in [-0.2, -0.15) is 0 Å². The third-order valence-corrected chi connectivity index (χ3v) is 5.71. The maximum atomic E-state index is 8.53. The monoisotopic (exact) mass is 388 g/mol. The van der Waals surface area contributed by atoms with E-state index in [9.17, 15) is 0 Å². The molecule has 0 aliphatic heterocycles. The van der Waals surface area contributed by atoms with Gasteiger partial charge >= 0.3 is 0 Å². The van der Waals surface area contributed by atoms with Gasteiger partial charge < -0.3 is 0 Å². The standard InChI is InChI=1S/C23H20N2O2S/c1-2-16-3-7-18(8-4-16)19-11-13-21(14-12-19)23-25-24-22(28-23)20-9-5-17(6-10-20)15-27-26/h3-14,26H,2,15H2,1H3. The molecule has 140 valence electrons. The molecule has 0 spiro atoms. The van der Waals surface area contributed by atoms with Gasteiger partial charge in [-0.3, -0.25) is 5.26 Å². The molecular formula is C23H20N2O2S. The molecule has 0 saturated carbocycles. The Morgan fingerprint density at radius 1 is 0.679 bits per heavy atom. The van der Waals surface area contributed by atoms with Crippen LogP contribution in [0.5, 0.6) is 0 Å². The molecule has 0 aliphatic rings. The third-order valence-electron chi connectivity index (χ3n) is 4.68. The average Bonchev–Trinajstić information content (AvgIpc) is 3.25. The molecule has 0 aliphatic carbocycles. The predicted molar refractivity (Wildman–Crippen MR) is 113 cm³/mol. The summed E-state index contributed by atoms with van der Waals surface area (Å²) in [5.41, 5.74) is 6.71. The molecule has 4 aromatic rings. The molecule has 1 aromatic heterocycles. The van der Waals surface area contributed by atoms with E-state index in [2.05, 4.69) is 70.5 Å². The molecule has 0 atom stereocenters. The van der Waals surface area contributed by atoms with Crippen molar-refractivity contribution in [2.24, 2.45) is 0 Å². The van der Waals surface area contributed by atoms with E-state index in [-0.39, 0.29) is 6.61 Å². The molecule has 0 radical (unpaired) electrons. The first kappa shape index (κ1) is 18.5. The minimum absolute atomic E-state index is 0.176. The number of aryl methyl sites for hydroxylation is 1. The highest BCUT2D eigenvalue weighted by molar-refractivity contribution is 7.17. The summed E-state index contributed by atoms with van der Waals surface area (Å²) in [6.07, 6.45) is 1.05. The lowest BCUT2D eigenvalue weighted by atomic mass is 10.0. The van der Waals surface area contributed by atoms with Crippen LogP contribution >= 0.6 is 11.3 Å². The fraction of sp³-hybridized carbons (Fsp3) is 0.130. The zero-order chi connectivity index (χ0) is 19.3. The lowest BCUT2D eigenvalue weighted by Crippen LogP contribution is -1.87. The molecule has 3 aromatic carbocycles. The normalized spacial score (nSPS) is 10.9. The van der Waals surface area contributed by atoms with Gasteiger partial charge in [0, 0.05) is 11.1 Å². The van der Waals surface area contributed by atoms with Gasteiger partial charge in [-0.25, -0.2) is 4.89 Å². The maximum absolute atomic E-state index is 8.53. The topological polar surface area (TPSA) is 55.2 Å². The second-order valence-electron chi connectivity index (χ2n) is 6.51. The molecule has 4 nitrogen and oxygen atoms in total. The van der Waals surface area contributed by atoms with Crippen LogP contribution in [0.15, 0.2) is 72.8 Å². The second-order valence-corrected chi connectivity index (χ2v) is 7.49. The van der Waals surface area contributed by atoms with Gasteiger partial charge in [0.05, 0.1) is 0 Å². The van der Waals surface area contributed by atoms with Gasteiger partial charge in [-0.05, 0) is 28.7 Å². The van der Waals surface area contributed by atoms with Gasteiger partial charge in [-0.1, -0.05) is 91.1 Å². The summed E-state index contributed by atoms with van der Waals surface area (Å²) in [7, 11) is 0. The van der Waals surface area contributed by atoms with Crippen molar-refractivity contribution < 1.29 is 10.1 Å². The molecule has 0 unspecified atom stereocenters. The van der Waals surface area contributed by atoms with Gasteiger partial charge in [0.25, 0.3) is 0 Å². The zero-order valence-corrected chi connectivity index (χ0v) is 16.3. The van der Waals surface area contributed by atoms with Crippen molar-refractivity contribution in [1.82, 2.24) is 10.2 Å². The van der Waals surface area contributed by atoms with E-state index in [0.717, 1.165) is 33.1 Å². The summed E-state index contributed by atoms with van der Waals surface area (Å²) < 4.78 is 0. The predicted octanol–water partition coefficient (Wildman–Crippen LogP) is 6.09. The Balaban J connectivity index is 1.53. The van der Waals surface area contributed by atoms with Crippen LogP contribution in [-0.4, -0.2) is 15.5 Å². The number of nitrogens with zero attached hydrogens (tertiary/aromatic N) is 2. The Bertz CT molecular complexity index is 1040. The number of hydrogen-bond acceptors (Lipinski definition) is 5. The molecular weight excluding hydrogens is 368 g/mol. The molecule has 1 N–H and O–H groups in total. The molecule has 0 fully saturated rings. The van der Waals surface area contributed by atoms with Crippen LogP contribution in [0.4, 0.5) is 0 Å². The zero-order valence-electron chi connectivity index (χ0n) is 15.5. The van der Waals surface area contributed by atoms with Gasteiger partial charge in [0.2, 0.25) is 0 Å². The number of rotatable bonds is 6. The quantitative estimate of drug-likeness (QED) is 0.321. The summed E-state index contributed by atoms with van der Waals surface area (Å²) >= 11 is 1.56. The molecule has 0 saturated heterocycles. The number of benzene rings is 3. The van der Waals surface area contributed by atoms with Crippen molar-refractivity contribution >= 4 is 11.3 Å². The van der Waals surface area contributed by atoms with E-state index in [4.69, 9.17) is 5.26 Å². The Kier molecular flexibility index (Phi) is 5.58. The minimum atomic E-state index is 0.176. The van der Waals surface area contributed by atoms with Crippen LogP contribution in [0, 0.1) is 0 Å². The van der Waals surface area contributed by atoms with Crippen LogP contribution < -0.4 is 0 Å². The SMILES string of the molecule is CCc1ccc(-c2ccc(-c3nnc(-c4ccc(COO)cc4)s3)cc2)cc1. The van der Waals surface area contributed by atoms with Gasteiger partial charge in [-0.15, -0.1) is 10.2 Å². The Morgan fingerprint density at radius 2 is 1.11 bits per heavy atom. The Labute approximate surface area is 168 Å². The van der Waals surface area contributed by atoms with E-state index < -0.39 is 0 Å². The molecule has 28 heavy (non-hydrogen) atoms. The van der Waals surface area contributed by atoms with Crippen molar-refractivity contribution in [3.05, 3.63) is 83.9 Å². The van der Waals surface area contributed by atoms with Crippen LogP contribution in [0.2, 0.25) is 0 Å². The first-order valence-electron chi connectivity index (χ1n) is 9.16. The number of aromatic nitrogens is 2. The van der Waals surface area contributed by atoms with Crippen molar-refractivity contribution in [3.63, 3.8) is 0 Å². The lowest BCUT2D eigenvalue weighted by molar-refractivity contribution is -0.253. The van der Waals surface area contributed by atoms with Crippen LogP contribution in [0.3, 0.4) is 0 Å². The fourth-order valence-corrected chi connectivity index (χ4v) is 3.87. The van der Waals surface area contributed by atoms with Gasteiger partial charge in [0.15, 0.2) is 0 Å². The van der Waals surface area contributed by atoms with Crippen LogP contribution in [-0.2, 0) is 17.9 Å².